The number of nitrogens with zero attached hydrogens (tertiary/aromatic N) is 8. The minimum Gasteiger partial charge on any atom is -0.309 e. The summed E-state index contributed by atoms with van der Waals surface area (Å²) in [6.07, 6.45) is 0. The van der Waals surface area contributed by atoms with E-state index in [0.29, 0.717) is 23.0 Å². The van der Waals surface area contributed by atoms with E-state index in [1.807, 2.05) is 98.8 Å². The highest BCUT2D eigenvalue weighted by Gasteiger charge is 2.23. The van der Waals surface area contributed by atoms with Crippen molar-refractivity contribution in [1.29, 1.82) is 5.26 Å². The Morgan fingerprint density at radius 1 is 0.450 bits per heavy atom. The third-order valence-electron chi connectivity index (χ3n) is 11.2. The van der Waals surface area contributed by atoms with Crippen molar-refractivity contribution in [2.24, 2.45) is 0 Å². The molecular weight excluding hydrogens is 737 g/mol. The summed E-state index contributed by atoms with van der Waals surface area (Å²) in [4.78, 5) is 23.9. The van der Waals surface area contributed by atoms with Crippen LogP contribution in [0.15, 0.2) is 170 Å². The molecule has 11 rings (SSSR count). The van der Waals surface area contributed by atoms with Gasteiger partial charge < -0.3 is 9.13 Å². The molecule has 8 heteroatoms. The van der Waals surface area contributed by atoms with Gasteiger partial charge in [-0.3, -0.25) is 0 Å². The number of fused-ring (bicyclic) bond motifs is 7. The first kappa shape index (κ1) is 34.9. The Morgan fingerprint density at radius 3 is 1.68 bits per heavy atom. The molecule has 0 fully saturated rings. The van der Waals surface area contributed by atoms with Crippen LogP contribution < -0.4 is 0 Å². The van der Waals surface area contributed by atoms with E-state index >= 15 is 0 Å². The van der Waals surface area contributed by atoms with E-state index < -0.39 is 0 Å². The standard InChI is InChI=1S/C52H34N8/c1-32-29-43(55-33(2)54-32)34-21-24-39(25-22-34)59-45-19-11-9-17-40(45)41-26-28-47-48(49(41)59)42-18-10-12-20-46(42)60(47)44-27-23-37(30-38(44)31-53)52-57-50(35-13-5-3-6-14-35)56-51(58-52)36-15-7-4-8-16-36/h3-30H,1-2H3. The quantitative estimate of drug-likeness (QED) is 0.167. The zero-order chi connectivity index (χ0) is 40.3. The van der Waals surface area contributed by atoms with Crippen molar-refractivity contribution in [2.75, 3.05) is 0 Å². The molecule has 0 saturated heterocycles. The van der Waals surface area contributed by atoms with Crippen LogP contribution in [-0.4, -0.2) is 34.1 Å². The molecule has 0 spiro atoms. The third kappa shape index (κ3) is 5.71. The number of hydrogen-bond donors (Lipinski definition) is 0. The van der Waals surface area contributed by atoms with Crippen LogP contribution in [0.5, 0.6) is 0 Å². The van der Waals surface area contributed by atoms with Gasteiger partial charge in [-0.05, 0) is 68.4 Å². The van der Waals surface area contributed by atoms with E-state index in [-0.39, 0.29) is 0 Å². The van der Waals surface area contributed by atoms with E-state index in [4.69, 9.17) is 19.9 Å². The molecule has 0 radical (unpaired) electrons. The summed E-state index contributed by atoms with van der Waals surface area (Å²) in [5, 5.41) is 15.4. The maximum Gasteiger partial charge on any atom is 0.164 e. The molecule has 0 aliphatic rings. The Labute approximate surface area is 345 Å². The predicted molar refractivity (Wildman–Crippen MR) is 240 cm³/mol. The second kappa shape index (κ2) is 14.0. The minimum absolute atomic E-state index is 0.496. The molecule has 4 heterocycles. The van der Waals surface area contributed by atoms with Crippen molar-refractivity contribution < 1.29 is 0 Å². The summed E-state index contributed by atoms with van der Waals surface area (Å²) >= 11 is 0. The van der Waals surface area contributed by atoms with Crippen LogP contribution in [0.25, 0.3) is 100 Å². The molecule has 0 aliphatic carbocycles. The molecule has 282 valence electrons. The molecule has 11 aromatic rings. The highest BCUT2D eigenvalue weighted by molar-refractivity contribution is 6.26. The average molecular weight is 771 g/mol. The van der Waals surface area contributed by atoms with Crippen molar-refractivity contribution in [3.63, 3.8) is 0 Å². The molecular formula is C52H34N8. The lowest BCUT2D eigenvalue weighted by molar-refractivity contribution is 1.02. The van der Waals surface area contributed by atoms with Gasteiger partial charge in [0.2, 0.25) is 0 Å². The van der Waals surface area contributed by atoms with Crippen LogP contribution in [0.3, 0.4) is 0 Å². The van der Waals surface area contributed by atoms with Crippen molar-refractivity contribution in [3.05, 3.63) is 187 Å². The summed E-state index contributed by atoms with van der Waals surface area (Å²) < 4.78 is 4.59. The van der Waals surface area contributed by atoms with Crippen LogP contribution in [0, 0.1) is 25.2 Å². The molecule has 0 N–H and O–H groups in total. The number of hydrogen-bond acceptors (Lipinski definition) is 6. The van der Waals surface area contributed by atoms with Crippen LogP contribution in [0.2, 0.25) is 0 Å². The SMILES string of the molecule is Cc1cc(-c2ccc(-n3c4ccccc4c4ccc5c(c6ccccc6n5-c5ccc(-c6nc(-c7ccccc7)nc(-c7ccccc7)n6)cc5C#N)c43)cc2)nc(C)n1. The second-order valence-electron chi connectivity index (χ2n) is 14.9. The van der Waals surface area contributed by atoms with Gasteiger partial charge in [0, 0.05) is 55.2 Å². The highest BCUT2D eigenvalue weighted by atomic mass is 15.0. The monoisotopic (exact) mass is 770 g/mol. The lowest BCUT2D eigenvalue weighted by Crippen LogP contribution is -2.02. The Morgan fingerprint density at radius 2 is 1.03 bits per heavy atom. The van der Waals surface area contributed by atoms with Gasteiger partial charge in [-0.2, -0.15) is 5.26 Å². The first-order valence-corrected chi connectivity index (χ1v) is 19.8. The molecule has 8 nitrogen and oxygen atoms in total. The number of para-hydroxylation sites is 2. The fourth-order valence-electron chi connectivity index (χ4n) is 8.58. The van der Waals surface area contributed by atoms with E-state index in [2.05, 4.69) is 105 Å². The van der Waals surface area contributed by atoms with Gasteiger partial charge in [0.25, 0.3) is 0 Å². The number of aromatic nitrogens is 7. The molecule has 0 aliphatic heterocycles. The Balaban J connectivity index is 1.11. The third-order valence-corrected chi connectivity index (χ3v) is 11.2. The van der Waals surface area contributed by atoms with Gasteiger partial charge in [0.1, 0.15) is 11.9 Å². The highest BCUT2D eigenvalue weighted by Crippen LogP contribution is 2.43. The average Bonchev–Trinajstić information content (AvgIpc) is 3.82. The fourth-order valence-corrected chi connectivity index (χ4v) is 8.58. The molecule has 4 aromatic heterocycles. The van der Waals surface area contributed by atoms with Gasteiger partial charge in [-0.1, -0.05) is 115 Å². The lowest BCUT2D eigenvalue weighted by Gasteiger charge is -2.13. The predicted octanol–water partition coefficient (Wildman–Crippen LogP) is 12.0. The second-order valence-corrected chi connectivity index (χ2v) is 14.9. The van der Waals surface area contributed by atoms with Crippen LogP contribution in [0.4, 0.5) is 0 Å². The van der Waals surface area contributed by atoms with Gasteiger partial charge in [-0.15, -0.1) is 0 Å². The zero-order valence-electron chi connectivity index (χ0n) is 32.7. The molecule has 7 aromatic carbocycles. The zero-order valence-corrected chi connectivity index (χ0v) is 32.7. The summed E-state index contributed by atoms with van der Waals surface area (Å²) in [5.41, 5.74) is 11.9. The van der Waals surface area contributed by atoms with Crippen LogP contribution in [0.1, 0.15) is 17.1 Å². The molecule has 0 amide bonds. The summed E-state index contributed by atoms with van der Waals surface area (Å²) in [7, 11) is 0. The topological polar surface area (TPSA) is 98.1 Å². The first-order chi connectivity index (χ1) is 29.5. The number of rotatable bonds is 6. The summed E-state index contributed by atoms with van der Waals surface area (Å²) in [6.45, 7) is 3.93. The van der Waals surface area contributed by atoms with Crippen LogP contribution in [-0.2, 0) is 0 Å². The molecule has 0 bridgehead atoms. The van der Waals surface area contributed by atoms with Crippen molar-refractivity contribution >= 4 is 43.6 Å². The van der Waals surface area contributed by atoms with Crippen LogP contribution >= 0.6 is 0 Å². The normalized spacial score (nSPS) is 11.5. The van der Waals surface area contributed by atoms with Gasteiger partial charge in [0.05, 0.1) is 39.0 Å². The summed E-state index contributed by atoms with van der Waals surface area (Å²) in [5.74, 6) is 2.38. The number of nitriles is 1. The van der Waals surface area contributed by atoms with Gasteiger partial charge in [-0.25, -0.2) is 24.9 Å². The Hall–Kier alpha value is -8.28. The van der Waals surface area contributed by atoms with E-state index in [1.54, 1.807) is 0 Å². The number of benzene rings is 7. The number of aryl methyl sites for hydroxylation is 2. The van der Waals surface area contributed by atoms with E-state index in [0.717, 1.165) is 89.1 Å². The van der Waals surface area contributed by atoms with E-state index in [1.165, 1.54) is 5.39 Å². The maximum absolute atomic E-state index is 10.9. The molecule has 0 saturated carbocycles. The van der Waals surface area contributed by atoms with Crippen molar-refractivity contribution in [3.8, 4) is 62.9 Å². The smallest absolute Gasteiger partial charge is 0.164 e. The van der Waals surface area contributed by atoms with E-state index in [9.17, 15) is 5.26 Å². The lowest BCUT2D eigenvalue weighted by atomic mass is 10.1. The van der Waals surface area contributed by atoms with Gasteiger partial charge >= 0.3 is 0 Å². The molecule has 60 heavy (non-hydrogen) atoms. The molecule has 0 unspecified atom stereocenters. The largest absolute Gasteiger partial charge is 0.309 e. The fraction of sp³-hybridized carbons (Fsp3) is 0.0385. The van der Waals surface area contributed by atoms with Crippen molar-refractivity contribution in [1.82, 2.24) is 34.1 Å². The Bertz CT molecular complexity index is 3430. The maximum atomic E-state index is 10.9. The molecule has 0 atom stereocenters. The Kier molecular flexibility index (Phi) is 8.14. The summed E-state index contributed by atoms with van der Waals surface area (Å²) in [6, 6.07) is 60.3. The first-order valence-electron chi connectivity index (χ1n) is 19.8. The minimum atomic E-state index is 0.496. The van der Waals surface area contributed by atoms with Crippen molar-refractivity contribution in [2.45, 2.75) is 13.8 Å². The van der Waals surface area contributed by atoms with Gasteiger partial charge in [0.15, 0.2) is 17.5 Å².